The van der Waals surface area contributed by atoms with Crippen molar-refractivity contribution in [3.63, 3.8) is 0 Å². The molecule has 1 atom stereocenters. The van der Waals surface area contributed by atoms with Crippen molar-refractivity contribution in [3.8, 4) is 0 Å². The summed E-state index contributed by atoms with van der Waals surface area (Å²) in [5.41, 5.74) is 2.52. The monoisotopic (exact) mass is 234 g/mol. The fraction of sp³-hybridized carbons (Fsp3) is 0.667. The number of rotatable bonds is 3. The van der Waals surface area contributed by atoms with Crippen molar-refractivity contribution in [2.45, 2.75) is 25.4 Å². The molecule has 0 bridgehead atoms. The van der Waals surface area contributed by atoms with Crippen molar-refractivity contribution in [1.82, 2.24) is 15.3 Å². The number of nitrogens with one attached hydrogen (secondary N) is 2. The predicted molar refractivity (Wildman–Crippen MR) is 65.2 cm³/mol. The van der Waals surface area contributed by atoms with Gasteiger partial charge >= 0.3 is 0 Å². The average Bonchev–Trinajstić information content (AvgIpc) is 2.86. The molecule has 2 aliphatic rings. The first-order valence-corrected chi connectivity index (χ1v) is 6.32. The first-order valence-electron chi connectivity index (χ1n) is 6.32. The Morgan fingerprint density at radius 3 is 3.29 bits per heavy atom. The van der Waals surface area contributed by atoms with Crippen LogP contribution in [0.2, 0.25) is 0 Å². The summed E-state index contributed by atoms with van der Waals surface area (Å²) in [5.74, 6) is 1.00. The number of hydrogen-bond acceptors (Lipinski definition) is 5. The molecule has 17 heavy (non-hydrogen) atoms. The van der Waals surface area contributed by atoms with Crippen LogP contribution in [0.1, 0.15) is 17.7 Å². The fourth-order valence-corrected chi connectivity index (χ4v) is 2.47. The van der Waals surface area contributed by atoms with E-state index in [0.29, 0.717) is 0 Å². The minimum Gasteiger partial charge on any atom is -0.374 e. The Morgan fingerprint density at radius 1 is 1.41 bits per heavy atom. The highest BCUT2D eigenvalue weighted by Gasteiger charge is 2.18. The number of morpholine rings is 1. The summed E-state index contributed by atoms with van der Waals surface area (Å²) in [7, 11) is 0. The molecule has 1 aliphatic carbocycles. The van der Waals surface area contributed by atoms with Gasteiger partial charge in [0.05, 0.1) is 12.7 Å². The lowest BCUT2D eigenvalue weighted by atomic mass is 10.2. The van der Waals surface area contributed by atoms with Gasteiger partial charge in [-0.2, -0.15) is 0 Å². The van der Waals surface area contributed by atoms with E-state index in [1.54, 1.807) is 6.33 Å². The van der Waals surface area contributed by atoms with Crippen LogP contribution in [-0.4, -0.2) is 42.3 Å². The maximum absolute atomic E-state index is 5.65. The third kappa shape index (κ3) is 2.40. The maximum atomic E-state index is 5.65. The Balaban J connectivity index is 1.63. The van der Waals surface area contributed by atoms with Gasteiger partial charge in [-0.25, -0.2) is 9.97 Å². The van der Waals surface area contributed by atoms with Crippen LogP contribution in [0.15, 0.2) is 6.33 Å². The molecule has 5 heteroatoms. The molecule has 2 N–H and O–H groups in total. The standard InChI is InChI=1S/C12H18N4O/c1-2-10-11(3-1)15-8-16-12(10)14-7-9-6-13-4-5-17-9/h8-9,13H,1-7H2,(H,14,15,16). The number of nitrogens with zero attached hydrogens (tertiary/aromatic N) is 2. The molecule has 0 amide bonds. The first-order chi connectivity index (χ1) is 8.43. The second-order valence-corrected chi connectivity index (χ2v) is 4.58. The highest BCUT2D eigenvalue weighted by Crippen LogP contribution is 2.24. The van der Waals surface area contributed by atoms with Crippen molar-refractivity contribution < 1.29 is 4.74 Å². The Hall–Kier alpha value is -1.20. The highest BCUT2D eigenvalue weighted by molar-refractivity contribution is 5.47. The van der Waals surface area contributed by atoms with Crippen molar-refractivity contribution >= 4 is 5.82 Å². The summed E-state index contributed by atoms with van der Waals surface area (Å²) in [6, 6.07) is 0. The lowest BCUT2D eigenvalue weighted by Gasteiger charge is -2.24. The van der Waals surface area contributed by atoms with Crippen LogP contribution >= 0.6 is 0 Å². The van der Waals surface area contributed by atoms with Crippen molar-refractivity contribution in [2.75, 3.05) is 31.6 Å². The summed E-state index contributed by atoms with van der Waals surface area (Å²) in [4.78, 5) is 8.66. The summed E-state index contributed by atoms with van der Waals surface area (Å²) in [6.07, 6.45) is 5.29. The van der Waals surface area contributed by atoms with Gasteiger partial charge < -0.3 is 15.4 Å². The van der Waals surface area contributed by atoms with Crippen LogP contribution < -0.4 is 10.6 Å². The normalized spacial score (nSPS) is 23.4. The van der Waals surface area contributed by atoms with E-state index in [1.165, 1.54) is 17.7 Å². The summed E-state index contributed by atoms with van der Waals surface area (Å²) in [5, 5.41) is 6.72. The number of ether oxygens (including phenoxy) is 1. The second-order valence-electron chi connectivity index (χ2n) is 4.58. The zero-order valence-electron chi connectivity index (χ0n) is 9.91. The molecular formula is C12H18N4O. The Labute approximate surface area is 101 Å². The summed E-state index contributed by atoms with van der Waals surface area (Å²) in [6.45, 7) is 3.49. The summed E-state index contributed by atoms with van der Waals surface area (Å²) < 4.78 is 5.65. The van der Waals surface area contributed by atoms with E-state index < -0.39 is 0 Å². The lowest BCUT2D eigenvalue weighted by Crippen LogP contribution is -2.42. The number of aromatic nitrogens is 2. The molecular weight excluding hydrogens is 216 g/mol. The van der Waals surface area contributed by atoms with Crippen LogP contribution in [0.5, 0.6) is 0 Å². The number of aryl methyl sites for hydroxylation is 1. The topological polar surface area (TPSA) is 59.1 Å². The molecule has 3 rings (SSSR count). The Morgan fingerprint density at radius 2 is 2.41 bits per heavy atom. The van der Waals surface area contributed by atoms with Crippen LogP contribution in [0.25, 0.3) is 0 Å². The van der Waals surface area contributed by atoms with Gasteiger partial charge in [-0.1, -0.05) is 0 Å². The van der Waals surface area contributed by atoms with Crippen LogP contribution in [0.3, 0.4) is 0 Å². The van der Waals surface area contributed by atoms with Crippen molar-refractivity contribution in [1.29, 1.82) is 0 Å². The quantitative estimate of drug-likeness (QED) is 0.791. The molecule has 92 valence electrons. The Kier molecular flexibility index (Phi) is 3.20. The molecule has 0 radical (unpaired) electrons. The number of hydrogen-bond donors (Lipinski definition) is 2. The minimum absolute atomic E-state index is 0.246. The van der Waals surface area contributed by atoms with Gasteiger partial charge in [-0.05, 0) is 19.3 Å². The van der Waals surface area contributed by atoms with E-state index in [0.717, 1.165) is 44.9 Å². The van der Waals surface area contributed by atoms with Gasteiger partial charge in [0.15, 0.2) is 0 Å². The smallest absolute Gasteiger partial charge is 0.132 e. The van der Waals surface area contributed by atoms with Crippen LogP contribution in [0.4, 0.5) is 5.82 Å². The third-order valence-electron chi connectivity index (χ3n) is 3.38. The van der Waals surface area contributed by atoms with Crippen LogP contribution in [0, 0.1) is 0 Å². The van der Waals surface area contributed by atoms with Gasteiger partial charge in [-0.15, -0.1) is 0 Å². The van der Waals surface area contributed by atoms with E-state index in [9.17, 15) is 0 Å². The van der Waals surface area contributed by atoms with E-state index in [1.807, 2.05) is 0 Å². The van der Waals surface area contributed by atoms with Gasteiger partial charge in [0.2, 0.25) is 0 Å². The van der Waals surface area contributed by atoms with E-state index in [2.05, 4.69) is 20.6 Å². The molecule has 0 spiro atoms. The second kappa shape index (κ2) is 4.98. The highest BCUT2D eigenvalue weighted by atomic mass is 16.5. The zero-order valence-corrected chi connectivity index (χ0v) is 9.91. The van der Waals surface area contributed by atoms with Gasteiger partial charge in [0.1, 0.15) is 12.1 Å². The van der Waals surface area contributed by atoms with E-state index in [4.69, 9.17) is 4.74 Å². The van der Waals surface area contributed by atoms with Gasteiger partial charge in [-0.3, -0.25) is 0 Å². The molecule has 0 aromatic carbocycles. The van der Waals surface area contributed by atoms with Gasteiger partial charge in [0.25, 0.3) is 0 Å². The molecule has 2 heterocycles. The number of fused-ring (bicyclic) bond motifs is 1. The number of anilines is 1. The summed E-state index contributed by atoms with van der Waals surface area (Å²) >= 11 is 0. The van der Waals surface area contributed by atoms with Crippen molar-refractivity contribution in [3.05, 3.63) is 17.6 Å². The molecule has 5 nitrogen and oxygen atoms in total. The molecule has 1 aromatic heterocycles. The molecule has 1 aliphatic heterocycles. The molecule has 1 aromatic rings. The molecule has 1 fully saturated rings. The minimum atomic E-state index is 0.246. The molecule has 0 saturated carbocycles. The zero-order chi connectivity index (χ0) is 11.5. The largest absolute Gasteiger partial charge is 0.374 e. The molecule has 1 unspecified atom stereocenters. The van der Waals surface area contributed by atoms with Gasteiger partial charge in [0, 0.05) is 30.9 Å². The Bertz CT molecular complexity index is 390. The van der Waals surface area contributed by atoms with E-state index >= 15 is 0 Å². The first kappa shape index (κ1) is 10.9. The lowest BCUT2D eigenvalue weighted by molar-refractivity contribution is 0.0372. The van der Waals surface area contributed by atoms with E-state index in [-0.39, 0.29) is 6.10 Å². The third-order valence-corrected chi connectivity index (χ3v) is 3.38. The average molecular weight is 234 g/mol. The SMILES string of the molecule is c1nc2c(c(NCC3CNCCO3)n1)CCC2. The fourth-order valence-electron chi connectivity index (χ4n) is 2.47. The van der Waals surface area contributed by atoms with Crippen molar-refractivity contribution in [2.24, 2.45) is 0 Å². The maximum Gasteiger partial charge on any atom is 0.132 e. The van der Waals surface area contributed by atoms with Crippen LogP contribution in [-0.2, 0) is 17.6 Å². The predicted octanol–water partition coefficient (Wildman–Crippen LogP) is 0.366. The molecule has 1 saturated heterocycles.